The Bertz CT molecular complexity index is 2580. The molecule has 0 N–H and O–H groups in total. The van der Waals surface area contributed by atoms with Crippen LogP contribution in [0.25, 0.3) is 72.4 Å². The van der Waals surface area contributed by atoms with Gasteiger partial charge in [0.25, 0.3) is 5.82 Å². The molecule has 4 nitrogen and oxygen atoms in total. The Kier molecular flexibility index (Phi) is 9.16. The van der Waals surface area contributed by atoms with Crippen LogP contribution in [0.2, 0.25) is 19.1 Å². The highest BCUT2D eigenvalue weighted by Crippen LogP contribution is 2.43. The largest absolute Gasteiger partial charge is 0.437 e. The minimum atomic E-state index is -0.331. The summed E-state index contributed by atoms with van der Waals surface area (Å²) in [6.07, 6.45) is 0.993. The summed E-state index contributed by atoms with van der Waals surface area (Å²) in [5, 5.41) is 2.18. The summed E-state index contributed by atoms with van der Waals surface area (Å²) in [4.78, 5) is 5.07. The van der Waals surface area contributed by atoms with Gasteiger partial charge in [-0.05, 0) is 89.4 Å². The van der Waals surface area contributed by atoms with Gasteiger partial charge in [-0.25, -0.2) is 9.55 Å². The zero-order valence-electron chi connectivity index (χ0n) is 32.3. The molecule has 1 radical (unpaired) electrons. The van der Waals surface area contributed by atoms with Crippen LogP contribution in [0.3, 0.4) is 0 Å². The maximum absolute atomic E-state index is 6.85. The van der Waals surface area contributed by atoms with Crippen LogP contribution in [0.1, 0.15) is 61.9 Å². The van der Waals surface area contributed by atoms with E-state index in [1.807, 2.05) is 0 Å². The lowest BCUT2D eigenvalue weighted by molar-refractivity contribution is -0.633. The zero-order chi connectivity index (χ0) is 37.0. The molecule has 3 heterocycles. The first-order valence-electron chi connectivity index (χ1n) is 19.1. The lowest BCUT2D eigenvalue weighted by Gasteiger charge is -2.21. The van der Waals surface area contributed by atoms with Crippen LogP contribution in [0.5, 0.6) is 0 Å². The van der Waals surface area contributed by atoms with Gasteiger partial charge in [0.1, 0.15) is 11.3 Å². The van der Waals surface area contributed by atoms with Crippen molar-refractivity contribution in [2.75, 3.05) is 0 Å². The zero-order valence-corrected chi connectivity index (χ0v) is 33.3. The first kappa shape index (κ1) is 34.8. The predicted molar refractivity (Wildman–Crippen MR) is 225 cm³/mol. The van der Waals surface area contributed by atoms with Crippen LogP contribution in [0.15, 0.2) is 120 Å². The molecule has 5 heteroatoms. The Morgan fingerprint density at radius 1 is 0.698 bits per heavy atom. The van der Waals surface area contributed by atoms with E-state index in [1.165, 1.54) is 61.7 Å². The summed E-state index contributed by atoms with van der Waals surface area (Å²) in [7, 11) is 1.87. The molecular weight excluding hydrogens is 663 g/mol. The van der Waals surface area contributed by atoms with Gasteiger partial charge in [-0.2, -0.15) is 4.57 Å². The van der Waals surface area contributed by atoms with Crippen LogP contribution in [0.4, 0.5) is 0 Å². The van der Waals surface area contributed by atoms with E-state index in [2.05, 4.69) is 179 Å². The lowest BCUT2D eigenvalue weighted by atomic mass is 9.87. The summed E-state index contributed by atoms with van der Waals surface area (Å²) in [6.45, 7) is 16.2. The van der Waals surface area contributed by atoms with Gasteiger partial charge in [0.2, 0.25) is 5.71 Å². The second-order valence-corrected chi connectivity index (χ2v) is 18.5. The molecule has 0 spiro atoms. The SMILES string of the molecule is Cc1ccc2c(oc3nc(CC[Si](C)C)ccc32)c1-c1n(-c2c(C(C)C)cc(-c3ccc(-c4ccccc4)cc3)cc2C(C)C)c2ccccc2[n+]1C. The normalized spacial score (nSPS) is 12.1. The number of aromatic nitrogens is 3. The summed E-state index contributed by atoms with van der Waals surface area (Å²) >= 11 is 0. The van der Waals surface area contributed by atoms with Crippen LogP contribution < -0.4 is 4.57 Å². The minimum Gasteiger partial charge on any atom is -0.437 e. The summed E-state index contributed by atoms with van der Waals surface area (Å²) < 4.78 is 11.7. The second kappa shape index (κ2) is 13.9. The van der Waals surface area contributed by atoms with Gasteiger partial charge < -0.3 is 4.42 Å². The Hall–Kier alpha value is -5.26. The molecule has 0 saturated heterocycles. The van der Waals surface area contributed by atoms with Crippen LogP contribution in [-0.4, -0.2) is 18.3 Å². The van der Waals surface area contributed by atoms with Gasteiger partial charge in [0.05, 0.1) is 7.05 Å². The highest BCUT2D eigenvalue weighted by Gasteiger charge is 2.34. The van der Waals surface area contributed by atoms with Gasteiger partial charge in [0.15, 0.2) is 16.6 Å². The van der Waals surface area contributed by atoms with E-state index in [4.69, 9.17) is 9.40 Å². The van der Waals surface area contributed by atoms with Crippen molar-refractivity contribution in [3.63, 3.8) is 0 Å². The fraction of sp³-hybridized carbons (Fsp3) is 0.250. The topological polar surface area (TPSA) is 34.8 Å². The molecule has 0 bridgehead atoms. The molecule has 0 saturated carbocycles. The van der Waals surface area contributed by atoms with Crippen molar-refractivity contribution in [1.29, 1.82) is 0 Å². The van der Waals surface area contributed by atoms with E-state index >= 15 is 0 Å². The third-order valence-corrected chi connectivity index (χ3v) is 12.1. The van der Waals surface area contributed by atoms with E-state index in [1.54, 1.807) is 0 Å². The molecule has 265 valence electrons. The van der Waals surface area contributed by atoms with Crippen molar-refractivity contribution >= 4 is 41.9 Å². The molecule has 0 atom stereocenters. The molecule has 3 aromatic heterocycles. The van der Waals surface area contributed by atoms with E-state index in [9.17, 15) is 0 Å². The number of hydrogen-bond donors (Lipinski definition) is 0. The number of nitrogens with zero attached hydrogens (tertiary/aromatic N) is 3. The molecule has 0 amide bonds. The van der Waals surface area contributed by atoms with Gasteiger partial charge in [-0.1, -0.05) is 126 Å². The highest BCUT2D eigenvalue weighted by molar-refractivity contribution is 6.55. The Balaban J connectivity index is 1.38. The first-order valence-corrected chi connectivity index (χ1v) is 21.8. The van der Waals surface area contributed by atoms with Crippen molar-refractivity contribution < 1.29 is 8.98 Å². The summed E-state index contributed by atoms with van der Waals surface area (Å²) in [5.74, 6) is 1.68. The number of benzene rings is 5. The third-order valence-electron chi connectivity index (χ3n) is 10.9. The number of rotatable bonds is 9. The van der Waals surface area contributed by atoms with Gasteiger partial charge in [0, 0.05) is 36.4 Å². The number of pyridine rings is 1. The molecular formula is C48H49N3OSi+. The number of aryl methyl sites for hydroxylation is 3. The minimum absolute atomic E-state index is 0.282. The lowest BCUT2D eigenvalue weighted by Crippen LogP contribution is -2.30. The number of imidazole rings is 1. The fourth-order valence-corrected chi connectivity index (χ4v) is 8.70. The molecule has 0 aliphatic heterocycles. The molecule has 0 aliphatic carbocycles. The number of furan rings is 1. The third kappa shape index (κ3) is 6.21. The van der Waals surface area contributed by atoms with Crippen molar-refractivity contribution in [3.05, 3.63) is 138 Å². The van der Waals surface area contributed by atoms with E-state index in [0.717, 1.165) is 45.6 Å². The average molecular weight is 712 g/mol. The van der Waals surface area contributed by atoms with E-state index in [-0.39, 0.29) is 20.6 Å². The monoisotopic (exact) mass is 711 g/mol. The molecule has 0 aliphatic rings. The maximum Gasteiger partial charge on any atom is 0.299 e. The van der Waals surface area contributed by atoms with Crippen LogP contribution >= 0.6 is 0 Å². The number of hydrogen-bond acceptors (Lipinski definition) is 2. The highest BCUT2D eigenvalue weighted by atomic mass is 28.3. The fourth-order valence-electron chi connectivity index (χ4n) is 7.94. The predicted octanol–water partition coefficient (Wildman–Crippen LogP) is 12.6. The molecule has 5 aromatic carbocycles. The Morgan fingerprint density at radius 2 is 1.30 bits per heavy atom. The van der Waals surface area contributed by atoms with Crippen molar-refractivity contribution in [2.24, 2.45) is 7.05 Å². The van der Waals surface area contributed by atoms with Gasteiger partial charge in [-0.3, -0.25) is 0 Å². The van der Waals surface area contributed by atoms with Crippen molar-refractivity contribution in [3.8, 4) is 39.3 Å². The molecule has 0 unspecified atom stereocenters. The van der Waals surface area contributed by atoms with Crippen LogP contribution in [0, 0.1) is 6.92 Å². The number of para-hydroxylation sites is 2. The quantitative estimate of drug-likeness (QED) is 0.110. The van der Waals surface area contributed by atoms with Crippen molar-refractivity contribution in [1.82, 2.24) is 9.55 Å². The second-order valence-electron chi connectivity index (χ2n) is 15.6. The van der Waals surface area contributed by atoms with Crippen LogP contribution in [-0.2, 0) is 13.5 Å². The first-order chi connectivity index (χ1) is 25.6. The molecule has 8 aromatic rings. The van der Waals surface area contributed by atoms with Gasteiger partial charge >= 0.3 is 0 Å². The average Bonchev–Trinajstić information content (AvgIpc) is 3.67. The molecule has 0 fully saturated rings. The molecule has 8 rings (SSSR count). The molecule has 53 heavy (non-hydrogen) atoms. The van der Waals surface area contributed by atoms with Gasteiger partial charge in [-0.15, -0.1) is 0 Å². The summed E-state index contributed by atoms with van der Waals surface area (Å²) in [5.41, 5.74) is 16.2. The van der Waals surface area contributed by atoms with E-state index < -0.39 is 0 Å². The van der Waals surface area contributed by atoms with Crippen molar-refractivity contribution in [2.45, 2.75) is 72.0 Å². The number of fused-ring (bicyclic) bond motifs is 4. The maximum atomic E-state index is 6.85. The standard InChI is InChI=1S/C48H49N3OSi/c1-30(2)40-28-36(35-21-19-34(20-22-35)33-14-10-9-11-15-33)29-41(31(3)4)45(40)51-43-17-13-12-16-42(43)50(6)48(51)44-32(5)18-24-38-39-25-23-37(26-27-53(7)8)49-47(39)52-46(38)44/h9-25,28-31H,26-27H2,1-8H3/q+1. The summed E-state index contributed by atoms with van der Waals surface area (Å²) in [6, 6.07) is 43.4. The smallest absolute Gasteiger partial charge is 0.299 e. The Morgan fingerprint density at radius 3 is 1.96 bits per heavy atom. The van der Waals surface area contributed by atoms with E-state index in [0.29, 0.717) is 0 Å². The Labute approximate surface area is 315 Å².